The number of carboxylic acids is 1. The van der Waals surface area contributed by atoms with Crippen LogP contribution < -0.4 is 0 Å². The molecule has 1 aliphatic heterocycles. The minimum atomic E-state index is -0.789. The zero-order chi connectivity index (χ0) is 15.2. The summed E-state index contributed by atoms with van der Waals surface area (Å²) in [4.78, 5) is 17.5. The minimum Gasteiger partial charge on any atom is -0.481 e. The van der Waals surface area contributed by atoms with Crippen LogP contribution in [0.1, 0.15) is 31.9 Å². The zero-order valence-electron chi connectivity index (χ0n) is 12.9. The van der Waals surface area contributed by atoms with Gasteiger partial charge in [-0.3, -0.25) is 4.79 Å². The minimum absolute atomic E-state index is 0.0778. The highest BCUT2D eigenvalue weighted by atomic mass is 32.2. The maximum atomic E-state index is 10.7. The number of hydrogen-bond acceptors (Lipinski definition) is 4. The number of aryl methyl sites for hydroxylation is 1. The van der Waals surface area contributed by atoms with E-state index in [1.165, 1.54) is 43.4 Å². The Hall–Kier alpha value is -1.01. The maximum Gasteiger partial charge on any atom is 0.313 e. The van der Waals surface area contributed by atoms with Crippen LogP contribution in [0.5, 0.6) is 0 Å². The van der Waals surface area contributed by atoms with Gasteiger partial charge in [0, 0.05) is 18.4 Å². The number of hydrogen-bond donors (Lipinski definition) is 1. The van der Waals surface area contributed by atoms with Crippen LogP contribution in [0.4, 0.5) is 0 Å². The SMILES string of the molecule is CCc1cnc(SCC(=O)O)n1CCC1CCN(C)CC1. The molecule has 0 saturated carbocycles. The Morgan fingerprint density at radius 1 is 1.48 bits per heavy atom. The lowest BCUT2D eigenvalue weighted by Crippen LogP contribution is -2.30. The Kier molecular flexibility index (Phi) is 6.11. The topological polar surface area (TPSA) is 58.4 Å². The average Bonchev–Trinajstić information content (AvgIpc) is 2.86. The van der Waals surface area contributed by atoms with Crippen LogP contribution in [0.25, 0.3) is 0 Å². The van der Waals surface area contributed by atoms with E-state index in [2.05, 4.69) is 28.4 Å². The van der Waals surface area contributed by atoms with Crippen LogP contribution in [-0.2, 0) is 17.8 Å². The number of aromatic nitrogens is 2. The summed E-state index contributed by atoms with van der Waals surface area (Å²) >= 11 is 1.32. The van der Waals surface area contributed by atoms with E-state index < -0.39 is 5.97 Å². The van der Waals surface area contributed by atoms with E-state index in [4.69, 9.17) is 5.11 Å². The van der Waals surface area contributed by atoms with E-state index in [1.807, 2.05) is 6.20 Å². The molecule has 2 rings (SSSR count). The Labute approximate surface area is 130 Å². The fourth-order valence-electron chi connectivity index (χ4n) is 2.82. The molecule has 1 aromatic rings. The highest BCUT2D eigenvalue weighted by Gasteiger charge is 2.18. The summed E-state index contributed by atoms with van der Waals surface area (Å²) in [5, 5.41) is 9.68. The van der Waals surface area contributed by atoms with Crippen molar-refractivity contribution in [2.45, 2.75) is 44.3 Å². The second-order valence-electron chi connectivity index (χ2n) is 5.76. The van der Waals surface area contributed by atoms with Gasteiger partial charge in [0.15, 0.2) is 5.16 Å². The zero-order valence-corrected chi connectivity index (χ0v) is 13.7. The normalized spacial score (nSPS) is 17.2. The van der Waals surface area contributed by atoms with Crippen molar-refractivity contribution < 1.29 is 9.90 Å². The summed E-state index contributed by atoms with van der Waals surface area (Å²) in [7, 11) is 2.18. The van der Waals surface area contributed by atoms with Crippen LogP contribution in [0.15, 0.2) is 11.4 Å². The van der Waals surface area contributed by atoms with Crippen LogP contribution >= 0.6 is 11.8 Å². The third kappa shape index (κ3) is 4.74. The maximum absolute atomic E-state index is 10.7. The lowest BCUT2D eigenvalue weighted by atomic mass is 9.94. The van der Waals surface area contributed by atoms with Gasteiger partial charge in [-0.25, -0.2) is 4.98 Å². The van der Waals surface area contributed by atoms with Crippen molar-refractivity contribution in [1.29, 1.82) is 0 Å². The first kappa shape index (κ1) is 16.4. The molecule has 2 heterocycles. The van der Waals surface area contributed by atoms with E-state index in [0.29, 0.717) is 0 Å². The van der Waals surface area contributed by atoms with E-state index in [1.54, 1.807) is 0 Å². The molecule has 1 saturated heterocycles. The summed E-state index contributed by atoms with van der Waals surface area (Å²) in [6.07, 6.45) is 6.53. The predicted octanol–water partition coefficient (Wildman–Crippen LogP) is 2.35. The second kappa shape index (κ2) is 7.84. The number of carbonyl (C=O) groups is 1. The quantitative estimate of drug-likeness (QED) is 0.783. The van der Waals surface area contributed by atoms with Crippen LogP contribution in [0.2, 0.25) is 0 Å². The van der Waals surface area contributed by atoms with Gasteiger partial charge >= 0.3 is 5.97 Å². The van der Waals surface area contributed by atoms with Gasteiger partial charge in [0.2, 0.25) is 0 Å². The Balaban J connectivity index is 1.93. The van der Waals surface area contributed by atoms with E-state index in [9.17, 15) is 4.79 Å². The molecular formula is C15H25N3O2S. The molecule has 1 aromatic heterocycles. The third-order valence-electron chi connectivity index (χ3n) is 4.19. The fraction of sp³-hybridized carbons (Fsp3) is 0.733. The van der Waals surface area contributed by atoms with E-state index in [0.717, 1.165) is 30.5 Å². The number of carboxylic acid groups (broad SMARTS) is 1. The lowest BCUT2D eigenvalue weighted by molar-refractivity contribution is -0.133. The number of nitrogens with zero attached hydrogens (tertiary/aromatic N) is 3. The molecule has 1 aliphatic rings. The van der Waals surface area contributed by atoms with E-state index >= 15 is 0 Å². The fourth-order valence-corrected chi connectivity index (χ4v) is 3.56. The highest BCUT2D eigenvalue weighted by Crippen LogP contribution is 2.24. The average molecular weight is 311 g/mol. The van der Waals surface area contributed by atoms with Crippen molar-refractivity contribution in [1.82, 2.24) is 14.5 Å². The van der Waals surface area contributed by atoms with Gasteiger partial charge in [-0.15, -0.1) is 0 Å². The molecule has 0 unspecified atom stereocenters. The molecule has 21 heavy (non-hydrogen) atoms. The van der Waals surface area contributed by atoms with Crippen molar-refractivity contribution >= 4 is 17.7 Å². The van der Waals surface area contributed by atoms with Gasteiger partial charge < -0.3 is 14.6 Å². The smallest absolute Gasteiger partial charge is 0.313 e. The predicted molar refractivity (Wildman–Crippen MR) is 84.8 cm³/mol. The first-order valence-corrected chi connectivity index (χ1v) is 8.66. The Morgan fingerprint density at radius 2 is 2.19 bits per heavy atom. The molecule has 1 fully saturated rings. The number of rotatable bonds is 7. The van der Waals surface area contributed by atoms with Crippen molar-refractivity contribution in [3.8, 4) is 0 Å². The molecule has 0 radical (unpaired) electrons. The van der Waals surface area contributed by atoms with Crippen molar-refractivity contribution in [2.24, 2.45) is 5.92 Å². The number of likely N-dealkylation sites (tertiary alicyclic amines) is 1. The van der Waals surface area contributed by atoms with Crippen molar-refractivity contribution in [2.75, 3.05) is 25.9 Å². The van der Waals surface area contributed by atoms with Crippen molar-refractivity contribution in [3.63, 3.8) is 0 Å². The number of imidazole rings is 1. The number of aliphatic carboxylic acids is 1. The summed E-state index contributed by atoms with van der Waals surface area (Å²) in [6.45, 7) is 5.46. The lowest BCUT2D eigenvalue weighted by Gasteiger charge is -2.29. The van der Waals surface area contributed by atoms with Crippen molar-refractivity contribution in [3.05, 3.63) is 11.9 Å². The molecule has 5 nitrogen and oxygen atoms in total. The molecule has 1 N–H and O–H groups in total. The summed E-state index contributed by atoms with van der Waals surface area (Å²) < 4.78 is 2.21. The largest absolute Gasteiger partial charge is 0.481 e. The molecule has 0 spiro atoms. The van der Waals surface area contributed by atoms with Crippen LogP contribution in [-0.4, -0.2) is 51.4 Å². The van der Waals surface area contributed by atoms with Crippen LogP contribution in [0, 0.1) is 5.92 Å². The summed E-state index contributed by atoms with van der Waals surface area (Å²) in [5.41, 5.74) is 1.20. The molecule has 0 bridgehead atoms. The monoisotopic (exact) mass is 311 g/mol. The van der Waals surface area contributed by atoms with Gasteiger partial charge in [0.25, 0.3) is 0 Å². The van der Waals surface area contributed by atoms with Gasteiger partial charge in [0.1, 0.15) is 0 Å². The number of piperidine rings is 1. The molecule has 118 valence electrons. The first-order valence-electron chi connectivity index (χ1n) is 7.67. The first-order chi connectivity index (χ1) is 10.1. The highest BCUT2D eigenvalue weighted by molar-refractivity contribution is 7.99. The molecule has 0 amide bonds. The van der Waals surface area contributed by atoms with E-state index in [-0.39, 0.29) is 5.75 Å². The Bertz CT molecular complexity index is 467. The second-order valence-corrected chi connectivity index (χ2v) is 6.70. The standard InChI is InChI=1S/C15H25N3O2S/c1-3-13-10-16-15(21-11-14(19)20)18(13)9-6-12-4-7-17(2)8-5-12/h10,12H,3-9,11H2,1-2H3,(H,19,20). The van der Waals surface area contributed by atoms with Crippen LogP contribution in [0.3, 0.4) is 0 Å². The third-order valence-corrected chi connectivity index (χ3v) is 5.16. The van der Waals surface area contributed by atoms with Gasteiger partial charge in [-0.1, -0.05) is 18.7 Å². The summed E-state index contributed by atoms with van der Waals surface area (Å²) in [6, 6.07) is 0. The summed E-state index contributed by atoms with van der Waals surface area (Å²) in [5.74, 6) is 0.0718. The molecule has 6 heteroatoms. The van der Waals surface area contributed by atoms with Gasteiger partial charge in [0.05, 0.1) is 5.75 Å². The molecular weight excluding hydrogens is 286 g/mol. The molecule has 0 atom stereocenters. The molecule has 0 aliphatic carbocycles. The Morgan fingerprint density at radius 3 is 2.81 bits per heavy atom. The van der Waals surface area contributed by atoms with Gasteiger partial charge in [-0.05, 0) is 51.7 Å². The van der Waals surface area contributed by atoms with Gasteiger partial charge in [-0.2, -0.15) is 0 Å². The molecule has 0 aromatic carbocycles. The number of thioether (sulfide) groups is 1.